The number of H-pyrrole nitrogens is 1. The van der Waals surface area contributed by atoms with Crippen molar-refractivity contribution in [3.8, 4) is 0 Å². The molecule has 174 valence electrons. The second-order valence-corrected chi connectivity index (χ2v) is 9.78. The number of nitrogens with one attached hydrogen (secondary N) is 1. The molecule has 3 nitrogen and oxygen atoms in total. The summed E-state index contributed by atoms with van der Waals surface area (Å²) in [5.41, 5.74) is 4.09. The summed E-state index contributed by atoms with van der Waals surface area (Å²) < 4.78 is 0. The standard InChI is InChI=1S/C20H29NO.C8H16O/c1-5-7-17(18-10-14-21-15(18)3)9-11-20(12-13-20)19(8-6-2)16(4)22;1-2-8(9)7-5-3-4-6-7/h5,7,10,14,19,21H,1,6,8-9,11-13H2,2-4H3;7-9H,2-6H2,1H3/b17-7-;/t19-;/m1./s1. The summed E-state index contributed by atoms with van der Waals surface area (Å²) in [5.74, 6) is 1.27. The predicted molar refractivity (Wildman–Crippen MR) is 132 cm³/mol. The molecule has 0 spiro atoms. The van der Waals surface area contributed by atoms with Gasteiger partial charge in [-0.15, -0.1) is 0 Å². The molecule has 0 aliphatic heterocycles. The number of aromatic amines is 1. The molecule has 2 saturated carbocycles. The van der Waals surface area contributed by atoms with Crippen LogP contribution in [0.5, 0.6) is 0 Å². The Hall–Kier alpha value is -1.61. The van der Waals surface area contributed by atoms with Crippen molar-refractivity contribution in [2.24, 2.45) is 17.3 Å². The zero-order chi connectivity index (χ0) is 22.9. The number of hydrogen-bond donors (Lipinski definition) is 2. The zero-order valence-electron chi connectivity index (χ0n) is 20.4. The molecule has 0 radical (unpaired) electrons. The maximum Gasteiger partial charge on any atom is 0.133 e. The Labute approximate surface area is 190 Å². The Bertz CT molecular complexity index is 719. The molecule has 0 amide bonds. The molecular formula is C28H45NO2. The van der Waals surface area contributed by atoms with Crippen LogP contribution in [0.15, 0.2) is 31.0 Å². The van der Waals surface area contributed by atoms with Crippen molar-refractivity contribution in [3.63, 3.8) is 0 Å². The van der Waals surface area contributed by atoms with E-state index in [4.69, 9.17) is 0 Å². The smallest absolute Gasteiger partial charge is 0.133 e. The van der Waals surface area contributed by atoms with Gasteiger partial charge in [0.25, 0.3) is 0 Å². The number of aromatic nitrogens is 1. The van der Waals surface area contributed by atoms with Crippen LogP contribution in [0, 0.1) is 24.2 Å². The van der Waals surface area contributed by atoms with Crippen LogP contribution < -0.4 is 0 Å². The first-order valence-corrected chi connectivity index (χ1v) is 12.5. The molecule has 1 aromatic rings. The van der Waals surface area contributed by atoms with E-state index in [9.17, 15) is 9.90 Å². The maximum absolute atomic E-state index is 12.0. The molecule has 1 heterocycles. The number of aliphatic hydroxyl groups excluding tert-OH is 1. The van der Waals surface area contributed by atoms with Crippen molar-refractivity contribution in [1.82, 2.24) is 4.98 Å². The van der Waals surface area contributed by atoms with Crippen molar-refractivity contribution in [2.45, 2.75) is 104 Å². The fraction of sp³-hybridized carbons (Fsp3) is 0.679. The largest absolute Gasteiger partial charge is 0.393 e. The lowest BCUT2D eigenvalue weighted by Crippen LogP contribution is -2.23. The summed E-state index contributed by atoms with van der Waals surface area (Å²) in [7, 11) is 0. The van der Waals surface area contributed by atoms with Gasteiger partial charge in [0.05, 0.1) is 6.10 Å². The predicted octanol–water partition coefficient (Wildman–Crippen LogP) is 7.41. The maximum atomic E-state index is 12.0. The Balaban J connectivity index is 0.000000316. The monoisotopic (exact) mass is 427 g/mol. The quantitative estimate of drug-likeness (QED) is 0.361. The molecule has 3 heteroatoms. The summed E-state index contributed by atoms with van der Waals surface area (Å²) in [6, 6.07) is 2.14. The van der Waals surface area contributed by atoms with Crippen molar-refractivity contribution < 1.29 is 9.90 Å². The molecule has 2 N–H and O–H groups in total. The van der Waals surface area contributed by atoms with Crippen LogP contribution in [0.25, 0.3) is 5.57 Å². The molecule has 2 aliphatic rings. The highest BCUT2D eigenvalue weighted by Gasteiger charge is 2.49. The van der Waals surface area contributed by atoms with Crippen molar-refractivity contribution in [2.75, 3.05) is 0 Å². The van der Waals surface area contributed by atoms with Crippen LogP contribution in [0.2, 0.25) is 0 Å². The zero-order valence-corrected chi connectivity index (χ0v) is 20.4. The Morgan fingerprint density at radius 1 is 1.32 bits per heavy atom. The number of ketones is 1. The van der Waals surface area contributed by atoms with Crippen molar-refractivity contribution in [3.05, 3.63) is 42.3 Å². The molecule has 0 bridgehead atoms. The second kappa shape index (κ2) is 12.4. The molecule has 2 fully saturated rings. The summed E-state index contributed by atoms with van der Waals surface area (Å²) in [5, 5.41) is 9.36. The fourth-order valence-electron chi connectivity index (χ4n) is 5.47. The molecule has 1 aromatic heterocycles. The van der Waals surface area contributed by atoms with E-state index in [-0.39, 0.29) is 17.4 Å². The van der Waals surface area contributed by atoms with Crippen molar-refractivity contribution >= 4 is 11.4 Å². The first-order chi connectivity index (χ1) is 14.9. The van der Waals surface area contributed by atoms with Crippen molar-refractivity contribution in [1.29, 1.82) is 0 Å². The van der Waals surface area contributed by atoms with E-state index in [1.807, 2.05) is 12.3 Å². The van der Waals surface area contributed by atoms with E-state index >= 15 is 0 Å². The minimum Gasteiger partial charge on any atom is -0.393 e. The molecular weight excluding hydrogens is 382 g/mol. The van der Waals surface area contributed by atoms with Crippen LogP contribution in [0.4, 0.5) is 0 Å². The lowest BCUT2D eigenvalue weighted by atomic mass is 9.78. The van der Waals surface area contributed by atoms with Gasteiger partial charge >= 0.3 is 0 Å². The number of rotatable bonds is 11. The van der Waals surface area contributed by atoms with Crippen LogP contribution in [-0.2, 0) is 4.79 Å². The third kappa shape index (κ3) is 7.20. The highest BCUT2D eigenvalue weighted by Crippen LogP contribution is 2.58. The van der Waals surface area contributed by atoms with Gasteiger partial charge in [-0.1, -0.05) is 51.8 Å². The van der Waals surface area contributed by atoms with E-state index in [0.29, 0.717) is 11.7 Å². The fourth-order valence-corrected chi connectivity index (χ4v) is 5.47. The Morgan fingerprint density at radius 2 is 2.00 bits per heavy atom. The Kier molecular flexibility index (Phi) is 10.3. The first-order valence-electron chi connectivity index (χ1n) is 12.5. The number of carbonyl (C=O) groups is 1. The molecule has 2 atom stereocenters. The number of carbonyl (C=O) groups excluding carboxylic acids is 1. The molecule has 0 saturated heterocycles. The van der Waals surface area contributed by atoms with Gasteiger partial charge in [0.15, 0.2) is 0 Å². The van der Waals surface area contributed by atoms with Gasteiger partial charge in [-0.2, -0.15) is 0 Å². The number of aliphatic hydroxyl groups is 1. The van der Waals surface area contributed by atoms with Gasteiger partial charge in [-0.05, 0) is 93.7 Å². The van der Waals surface area contributed by atoms with E-state index < -0.39 is 0 Å². The topological polar surface area (TPSA) is 53.1 Å². The minimum atomic E-state index is -0.00694. The molecule has 0 aromatic carbocycles. The third-order valence-electron chi connectivity index (χ3n) is 7.57. The third-order valence-corrected chi connectivity index (χ3v) is 7.57. The van der Waals surface area contributed by atoms with Crippen LogP contribution >= 0.6 is 0 Å². The van der Waals surface area contributed by atoms with Gasteiger partial charge < -0.3 is 10.1 Å². The summed E-state index contributed by atoms with van der Waals surface area (Å²) >= 11 is 0. The van der Waals surface area contributed by atoms with Crippen LogP contribution in [0.1, 0.15) is 103 Å². The van der Waals surface area contributed by atoms with E-state index in [0.717, 1.165) is 32.1 Å². The molecule has 1 unspecified atom stereocenters. The molecule has 31 heavy (non-hydrogen) atoms. The summed E-state index contributed by atoms with van der Waals surface area (Å²) in [6.45, 7) is 12.0. The molecule has 3 rings (SSSR count). The second-order valence-electron chi connectivity index (χ2n) is 9.78. The lowest BCUT2D eigenvalue weighted by molar-refractivity contribution is -0.123. The van der Waals surface area contributed by atoms with Gasteiger partial charge in [0.1, 0.15) is 5.78 Å². The number of allylic oxidation sites excluding steroid dienone is 3. The van der Waals surface area contributed by atoms with Gasteiger partial charge in [-0.25, -0.2) is 0 Å². The van der Waals surface area contributed by atoms with Gasteiger partial charge in [0, 0.05) is 17.8 Å². The van der Waals surface area contributed by atoms with E-state index in [2.05, 4.69) is 44.5 Å². The van der Waals surface area contributed by atoms with Gasteiger partial charge in [0.2, 0.25) is 0 Å². The summed E-state index contributed by atoms with van der Waals surface area (Å²) in [4.78, 5) is 15.3. The highest BCUT2D eigenvalue weighted by molar-refractivity contribution is 5.79. The summed E-state index contributed by atoms with van der Waals surface area (Å²) in [6.07, 6.45) is 18.8. The van der Waals surface area contributed by atoms with E-state index in [1.165, 1.54) is 55.4 Å². The van der Waals surface area contributed by atoms with Crippen LogP contribution in [0.3, 0.4) is 0 Å². The molecule has 2 aliphatic carbocycles. The average molecular weight is 428 g/mol. The average Bonchev–Trinajstić information content (AvgIpc) is 3.13. The van der Waals surface area contributed by atoms with E-state index in [1.54, 1.807) is 6.92 Å². The Morgan fingerprint density at radius 3 is 2.45 bits per heavy atom. The SMILES string of the molecule is C=C/C=C(/CCC1([C@H](CCC)C(C)=O)CC1)c1cc[nH]c1C.CCC(O)C1CCCC1. The number of aryl methyl sites for hydroxylation is 1. The number of hydrogen-bond acceptors (Lipinski definition) is 2. The first kappa shape index (κ1) is 25.6. The normalized spacial score (nSPS) is 20.0. The minimum absolute atomic E-state index is 0.00694. The van der Waals surface area contributed by atoms with Gasteiger partial charge in [-0.3, -0.25) is 4.79 Å². The lowest BCUT2D eigenvalue weighted by Gasteiger charge is -2.25. The number of Topliss-reactive ketones (excluding diaryl/α,β-unsaturated/α-hetero) is 1. The van der Waals surface area contributed by atoms with Crippen LogP contribution in [-0.4, -0.2) is 22.0 Å². The highest BCUT2D eigenvalue weighted by atomic mass is 16.3.